The number of nitrogens with zero attached hydrogens (tertiary/aromatic N) is 6. The van der Waals surface area contributed by atoms with Crippen molar-refractivity contribution >= 4 is 5.52 Å². The fourth-order valence-corrected chi connectivity index (χ4v) is 3.27. The van der Waals surface area contributed by atoms with Crippen LogP contribution >= 0.6 is 0 Å². The maximum atomic E-state index is 5.63. The highest BCUT2D eigenvalue weighted by Gasteiger charge is 2.13. The lowest BCUT2D eigenvalue weighted by Gasteiger charge is -2.06. The summed E-state index contributed by atoms with van der Waals surface area (Å²) in [5, 5.41) is 8.71. The van der Waals surface area contributed by atoms with E-state index in [4.69, 9.17) is 4.74 Å². The zero-order valence-electron chi connectivity index (χ0n) is 16.6. The van der Waals surface area contributed by atoms with Crippen molar-refractivity contribution in [2.45, 2.75) is 19.8 Å². The lowest BCUT2D eigenvalue weighted by atomic mass is 10.1. The summed E-state index contributed by atoms with van der Waals surface area (Å²) in [4.78, 5) is 4.47. The number of aryl methyl sites for hydroxylation is 1. The topological polar surface area (TPSA) is 62.2 Å². The SMILES string of the molecule is COc1cc(-c2cnn(C)c2)cn2ncc(C#Cc3cnc(C(C)C)n3C)c12. The Morgan fingerprint density at radius 1 is 1.00 bits per heavy atom. The second kappa shape index (κ2) is 6.89. The second-order valence-corrected chi connectivity index (χ2v) is 7.02. The molecule has 0 aliphatic heterocycles. The van der Waals surface area contributed by atoms with Gasteiger partial charge in [-0.3, -0.25) is 4.68 Å². The maximum Gasteiger partial charge on any atom is 0.146 e. The number of ether oxygens (including phenoxy) is 1. The molecule has 0 fully saturated rings. The molecule has 0 aromatic carbocycles. The molecule has 0 radical (unpaired) electrons. The first-order valence-electron chi connectivity index (χ1n) is 9.06. The number of imidazole rings is 1. The maximum absolute atomic E-state index is 5.63. The molecule has 0 bridgehead atoms. The molecule has 0 N–H and O–H groups in total. The molecule has 4 heterocycles. The van der Waals surface area contributed by atoms with E-state index in [-0.39, 0.29) is 0 Å². The van der Waals surface area contributed by atoms with Gasteiger partial charge in [0.15, 0.2) is 0 Å². The summed E-state index contributed by atoms with van der Waals surface area (Å²) in [6.07, 6.45) is 9.31. The number of methoxy groups -OCH3 is 1. The molecule has 4 aromatic heterocycles. The van der Waals surface area contributed by atoms with Crippen LogP contribution in [0.3, 0.4) is 0 Å². The van der Waals surface area contributed by atoms with Gasteiger partial charge < -0.3 is 9.30 Å². The summed E-state index contributed by atoms with van der Waals surface area (Å²) in [5.41, 5.74) is 4.50. The average molecular weight is 374 g/mol. The molecule has 0 saturated heterocycles. The number of pyridine rings is 1. The van der Waals surface area contributed by atoms with Crippen molar-refractivity contribution < 1.29 is 4.74 Å². The van der Waals surface area contributed by atoms with E-state index in [1.165, 1.54) is 0 Å². The van der Waals surface area contributed by atoms with Crippen LogP contribution in [-0.4, -0.2) is 36.1 Å². The predicted octanol–water partition coefficient (Wildman–Crippen LogP) is 3.00. The summed E-state index contributed by atoms with van der Waals surface area (Å²) >= 11 is 0. The Balaban J connectivity index is 1.78. The van der Waals surface area contributed by atoms with Crippen LogP contribution in [0.1, 0.15) is 36.8 Å². The van der Waals surface area contributed by atoms with Crippen molar-refractivity contribution in [3.8, 4) is 28.7 Å². The Morgan fingerprint density at radius 2 is 1.82 bits per heavy atom. The fraction of sp³-hybridized carbons (Fsp3) is 0.286. The Labute approximate surface area is 163 Å². The van der Waals surface area contributed by atoms with Crippen molar-refractivity contribution in [1.29, 1.82) is 0 Å². The van der Waals surface area contributed by atoms with Crippen LogP contribution in [0.25, 0.3) is 16.6 Å². The quantitative estimate of drug-likeness (QED) is 0.517. The van der Waals surface area contributed by atoms with E-state index in [0.717, 1.165) is 39.5 Å². The van der Waals surface area contributed by atoms with Gasteiger partial charge in [0.05, 0.1) is 31.3 Å². The van der Waals surface area contributed by atoms with Gasteiger partial charge in [0, 0.05) is 43.5 Å². The van der Waals surface area contributed by atoms with Crippen LogP contribution in [0.5, 0.6) is 5.75 Å². The number of fused-ring (bicyclic) bond motifs is 1. The third-order valence-corrected chi connectivity index (χ3v) is 4.70. The van der Waals surface area contributed by atoms with E-state index >= 15 is 0 Å². The van der Waals surface area contributed by atoms with Gasteiger partial charge in [-0.05, 0) is 12.0 Å². The van der Waals surface area contributed by atoms with Gasteiger partial charge in [-0.15, -0.1) is 0 Å². The normalized spacial score (nSPS) is 11.1. The molecule has 4 aromatic rings. The summed E-state index contributed by atoms with van der Waals surface area (Å²) in [5.74, 6) is 8.52. The standard InChI is InChI=1S/C21H22N6O/c1-14(2)21-22-11-18(26(21)4)7-6-15-9-24-27-13-16(8-19(28-5)20(15)27)17-10-23-25(3)12-17/h8-14H,1-5H3. The molecule has 0 amide bonds. The zero-order chi connectivity index (χ0) is 19.8. The number of hydrogen-bond donors (Lipinski definition) is 0. The van der Waals surface area contributed by atoms with Crippen molar-refractivity contribution in [2.24, 2.45) is 14.1 Å². The van der Waals surface area contributed by atoms with Crippen molar-refractivity contribution in [1.82, 2.24) is 28.9 Å². The lowest BCUT2D eigenvalue weighted by molar-refractivity contribution is 0.417. The number of hydrogen-bond acceptors (Lipinski definition) is 4. The first kappa shape index (κ1) is 17.9. The number of aromatic nitrogens is 6. The van der Waals surface area contributed by atoms with Gasteiger partial charge in [0.25, 0.3) is 0 Å². The highest BCUT2D eigenvalue weighted by molar-refractivity contribution is 5.75. The molecule has 4 rings (SSSR count). The molecular weight excluding hydrogens is 352 g/mol. The third kappa shape index (κ3) is 3.03. The van der Waals surface area contributed by atoms with E-state index in [9.17, 15) is 0 Å². The summed E-state index contributed by atoms with van der Waals surface area (Å²) < 4.78 is 11.2. The van der Waals surface area contributed by atoms with Gasteiger partial charge in [-0.2, -0.15) is 10.2 Å². The minimum atomic E-state index is 0.350. The van der Waals surface area contributed by atoms with Crippen LogP contribution in [0, 0.1) is 11.8 Å². The van der Waals surface area contributed by atoms with E-state index in [1.807, 2.05) is 49.5 Å². The van der Waals surface area contributed by atoms with Gasteiger partial charge >= 0.3 is 0 Å². The van der Waals surface area contributed by atoms with Crippen LogP contribution in [0.15, 0.2) is 37.1 Å². The summed E-state index contributed by atoms with van der Waals surface area (Å²) in [6.45, 7) is 4.24. The molecule has 7 nitrogen and oxygen atoms in total. The van der Waals surface area contributed by atoms with Crippen molar-refractivity contribution in [3.63, 3.8) is 0 Å². The number of rotatable bonds is 3. The molecule has 28 heavy (non-hydrogen) atoms. The molecule has 7 heteroatoms. The molecule has 0 spiro atoms. The predicted molar refractivity (Wildman–Crippen MR) is 107 cm³/mol. The average Bonchev–Trinajstić information content (AvgIpc) is 3.38. The molecular formula is C21H22N6O. The largest absolute Gasteiger partial charge is 0.494 e. The highest BCUT2D eigenvalue weighted by atomic mass is 16.5. The Hall–Kier alpha value is -3.53. The summed E-state index contributed by atoms with van der Waals surface area (Å²) in [7, 11) is 5.54. The second-order valence-electron chi connectivity index (χ2n) is 7.02. The van der Waals surface area contributed by atoms with Gasteiger partial charge in [-0.25, -0.2) is 9.50 Å². The molecule has 0 atom stereocenters. The molecule has 0 aliphatic rings. The minimum Gasteiger partial charge on any atom is -0.494 e. The van der Waals surface area contributed by atoms with Gasteiger partial charge in [-0.1, -0.05) is 19.8 Å². The summed E-state index contributed by atoms with van der Waals surface area (Å²) in [6, 6.07) is 1.99. The Bertz CT molecular complexity index is 1210. The highest BCUT2D eigenvalue weighted by Crippen LogP contribution is 2.29. The lowest BCUT2D eigenvalue weighted by Crippen LogP contribution is -2.01. The van der Waals surface area contributed by atoms with Gasteiger partial charge in [0.1, 0.15) is 22.8 Å². The van der Waals surface area contributed by atoms with E-state index in [2.05, 4.69) is 40.9 Å². The van der Waals surface area contributed by atoms with Crippen molar-refractivity contribution in [2.75, 3.05) is 7.11 Å². The van der Waals surface area contributed by atoms with Crippen molar-refractivity contribution in [3.05, 3.63) is 54.1 Å². The molecule has 0 saturated carbocycles. The van der Waals surface area contributed by atoms with E-state index < -0.39 is 0 Å². The van der Waals surface area contributed by atoms with E-state index in [0.29, 0.717) is 5.92 Å². The smallest absolute Gasteiger partial charge is 0.146 e. The third-order valence-electron chi connectivity index (χ3n) is 4.70. The Morgan fingerprint density at radius 3 is 2.46 bits per heavy atom. The minimum absolute atomic E-state index is 0.350. The first-order valence-corrected chi connectivity index (χ1v) is 9.06. The zero-order valence-corrected chi connectivity index (χ0v) is 16.6. The van der Waals surface area contributed by atoms with Gasteiger partial charge in [0.2, 0.25) is 0 Å². The van der Waals surface area contributed by atoms with Crippen LogP contribution in [0.4, 0.5) is 0 Å². The van der Waals surface area contributed by atoms with E-state index in [1.54, 1.807) is 22.5 Å². The molecule has 0 aliphatic carbocycles. The molecule has 142 valence electrons. The Kier molecular flexibility index (Phi) is 4.40. The van der Waals surface area contributed by atoms with Crippen LogP contribution in [-0.2, 0) is 14.1 Å². The van der Waals surface area contributed by atoms with Crippen LogP contribution < -0.4 is 4.74 Å². The molecule has 0 unspecified atom stereocenters. The van der Waals surface area contributed by atoms with Crippen LogP contribution in [0.2, 0.25) is 0 Å². The fourth-order valence-electron chi connectivity index (χ4n) is 3.27. The monoisotopic (exact) mass is 374 g/mol. The first-order chi connectivity index (χ1) is 13.5.